The second-order valence-corrected chi connectivity index (χ2v) is 7.18. The van der Waals surface area contributed by atoms with E-state index in [0.717, 1.165) is 25.1 Å². The lowest BCUT2D eigenvalue weighted by Gasteiger charge is -2.28. The highest BCUT2D eigenvalue weighted by molar-refractivity contribution is 7.99. The highest BCUT2D eigenvalue weighted by Crippen LogP contribution is 2.26. The fourth-order valence-corrected chi connectivity index (χ4v) is 3.78. The first-order valence-corrected chi connectivity index (χ1v) is 8.77. The number of aliphatic hydroxyl groups is 1. The number of amides is 1. The Morgan fingerprint density at radius 1 is 1.38 bits per heavy atom. The molecule has 0 aromatic heterocycles. The van der Waals surface area contributed by atoms with Crippen LogP contribution in [0.5, 0.6) is 0 Å². The molecule has 3 unspecified atom stereocenters. The van der Waals surface area contributed by atoms with Crippen molar-refractivity contribution >= 4 is 17.7 Å². The quantitative estimate of drug-likeness (QED) is 0.878. The van der Waals surface area contributed by atoms with E-state index >= 15 is 0 Å². The molecule has 1 aliphatic rings. The van der Waals surface area contributed by atoms with Crippen LogP contribution in [-0.2, 0) is 10.5 Å². The summed E-state index contributed by atoms with van der Waals surface area (Å²) in [5.41, 5.74) is 1.25. The van der Waals surface area contributed by atoms with E-state index in [9.17, 15) is 9.90 Å². The number of thioether (sulfide) groups is 1. The fourth-order valence-electron chi connectivity index (χ4n) is 2.86. The predicted octanol–water partition coefficient (Wildman–Crippen LogP) is 3.07. The molecule has 1 aromatic rings. The minimum atomic E-state index is -0.337. The summed E-state index contributed by atoms with van der Waals surface area (Å²) in [6.45, 7) is 4.63. The Morgan fingerprint density at radius 3 is 2.76 bits per heavy atom. The van der Waals surface area contributed by atoms with Crippen LogP contribution in [0.1, 0.15) is 38.7 Å². The van der Waals surface area contributed by atoms with E-state index in [1.54, 1.807) is 18.7 Å². The summed E-state index contributed by atoms with van der Waals surface area (Å²) in [6, 6.07) is 10.5. The Balaban J connectivity index is 1.86. The molecule has 0 saturated carbocycles. The van der Waals surface area contributed by atoms with E-state index in [-0.39, 0.29) is 23.3 Å². The van der Waals surface area contributed by atoms with Gasteiger partial charge in [0.1, 0.15) is 0 Å². The number of rotatable bonds is 6. The summed E-state index contributed by atoms with van der Waals surface area (Å²) in [6.07, 6.45) is 2.43. The molecule has 0 radical (unpaired) electrons. The standard InChI is InChI=1S/C17H25NO2S/c1-13(19)11-16-9-6-10-18(16)17(20)14(2)21-12-15-7-4-3-5-8-15/h3-5,7-8,13-14,16,19H,6,9-12H2,1-2H3. The van der Waals surface area contributed by atoms with Gasteiger partial charge in [-0.25, -0.2) is 0 Å². The molecule has 1 fully saturated rings. The lowest BCUT2D eigenvalue weighted by Crippen LogP contribution is -2.41. The molecule has 1 saturated heterocycles. The number of nitrogens with zero attached hydrogens (tertiary/aromatic N) is 1. The number of carbonyl (C=O) groups excluding carboxylic acids is 1. The number of benzene rings is 1. The molecule has 0 bridgehead atoms. The second-order valence-electron chi connectivity index (χ2n) is 5.85. The van der Waals surface area contributed by atoms with Crippen LogP contribution in [0.25, 0.3) is 0 Å². The Bertz CT molecular complexity index is 449. The average Bonchev–Trinajstić information content (AvgIpc) is 2.92. The van der Waals surface area contributed by atoms with Crippen molar-refractivity contribution in [3.63, 3.8) is 0 Å². The van der Waals surface area contributed by atoms with Crippen LogP contribution < -0.4 is 0 Å². The van der Waals surface area contributed by atoms with Crippen molar-refractivity contribution in [2.24, 2.45) is 0 Å². The molecular weight excluding hydrogens is 282 g/mol. The van der Waals surface area contributed by atoms with Crippen LogP contribution in [0, 0.1) is 0 Å². The third-order valence-electron chi connectivity index (χ3n) is 3.96. The molecule has 3 atom stereocenters. The van der Waals surface area contributed by atoms with E-state index in [4.69, 9.17) is 0 Å². The molecular formula is C17H25NO2S. The zero-order chi connectivity index (χ0) is 15.2. The van der Waals surface area contributed by atoms with E-state index < -0.39 is 0 Å². The molecule has 2 rings (SSSR count). The van der Waals surface area contributed by atoms with Gasteiger partial charge < -0.3 is 10.0 Å². The van der Waals surface area contributed by atoms with Gasteiger partial charge in [0.2, 0.25) is 5.91 Å². The van der Waals surface area contributed by atoms with E-state index in [0.29, 0.717) is 6.42 Å². The monoisotopic (exact) mass is 307 g/mol. The highest BCUT2D eigenvalue weighted by Gasteiger charge is 2.31. The number of carbonyl (C=O) groups is 1. The number of aliphatic hydroxyl groups excluding tert-OH is 1. The summed E-state index contributed by atoms with van der Waals surface area (Å²) in [7, 11) is 0. The summed E-state index contributed by atoms with van der Waals surface area (Å²) in [5, 5.41) is 9.53. The van der Waals surface area contributed by atoms with Crippen molar-refractivity contribution in [3.8, 4) is 0 Å². The first kappa shape index (κ1) is 16.4. The topological polar surface area (TPSA) is 40.5 Å². The Kier molecular flexibility index (Phi) is 6.12. The van der Waals surface area contributed by atoms with Gasteiger partial charge >= 0.3 is 0 Å². The van der Waals surface area contributed by atoms with Crippen LogP contribution >= 0.6 is 11.8 Å². The minimum absolute atomic E-state index is 0.0280. The summed E-state index contributed by atoms with van der Waals surface area (Å²) in [4.78, 5) is 14.6. The van der Waals surface area contributed by atoms with Crippen molar-refractivity contribution in [2.45, 2.75) is 56.3 Å². The molecule has 1 aromatic carbocycles. The molecule has 4 heteroatoms. The van der Waals surface area contributed by atoms with Gasteiger partial charge in [0.25, 0.3) is 0 Å². The second kappa shape index (κ2) is 7.85. The van der Waals surface area contributed by atoms with Crippen LogP contribution in [0.4, 0.5) is 0 Å². The average molecular weight is 307 g/mol. The van der Waals surface area contributed by atoms with Gasteiger partial charge in [0, 0.05) is 18.3 Å². The zero-order valence-corrected chi connectivity index (χ0v) is 13.7. The molecule has 0 spiro atoms. The number of hydrogen-bond acceptors (Lipinski definition) is 3. The Hall–Kier alpha value is -1.00. The van der Waals surface area contributed by atoms with Gasteiger partial charge in [0.15, 0.2) is 0 Å². The normalized spacial score (nSPS) is 21.3. The molecule has 21 heavy (non-hydrogen) atoms. The maximum absolute atomic E-state index is 12.6. The maximum Gasteiger partial charge on any atom is 0.235 e. The fraction of sp³-hybridized carbons (Fsp3) is 0.588. The SMILES string of the molecule is CC(O)CC1CCCN1C(=O)C(C)SCc1ccccc1. The summed E-state index contributed by atoms with van der Waals surface area (Å²) in [5.74, 6) is 1.09. The Morgan fingerprint density at radius 2 is 2.10 bits per heavy atom. The van der Waals surface area contributed by atoms with Crippen LogP contribution in [0.3, 0.4) is 0 Å². The first-order valence-electron chi connectivity index (χ1n) is 7.72. The lowest BCUT2D eigenvalue weighted by molar-refractivity contribution is -0.131. The lowest BCUT2D eigenvalue weighted by atomic mass is 10.1. The highest BCUT2D eigenvalue weighted by atomic mass is 32.2. The van der Waals surface area contributed by atoms with Crippen LogP contribution in [0.2, 0.25) is 0 Å². The van der Waals surface area contributed by atoms with Gasteiger partial charge in [-0.15, -0.1) is 11.8 Å². The third kappa shape index (κ3) is 4.75. The van der Waals surface area contributed by atoms with Crippen molar-refractivity contribution < 1.29 is 9.90 Å². The minimum Gasteiger partial charge on any atom is -0.393 e. The molecule has 1 N–H and O–H groups in total. The van der Waals surface area contributed by atoms with Crippen molar-refractivity contribution in [1.29, 1.82) is 0 Å². The molecule has 1 amide bonds. The first-order chi connectivity index (χ1) is 10.1. The molecule has 0 aliphatic carbocycles. The van der Waals surface area contributed by atoms with Gasteiger partial charge in [0.05, 0.1) is 11.4 Å². The number of hydrogen-bond donors (Lipinski definition) is 1. The number of likely N-dealkylation sites (tertiary alicyclic amines) is 1. The molecule has 1 heterocycles. The smallest absolute Gasteiger partial charge is 0.235 e. The Labute approximate surface area is 131 Å². The van der Waals surface area contributed by atoms with Gasteiger partial charge in [-0.05, 0) is 38.7 Å². The third-order valence-corrected chi connectivity index (χ3v) is 5.17. The van der Waals surface area contributed by atoms with Crippen molar-refractivity contribution in [3.05, 3.63) is 35.9 Å². The van der Waals surface area contributed by atoms with E-state index in [1.165, 1.54) is 5.56 Å². The van der Waals surface area contributed by atoms with Crippen LogP contribution in [-0.4, -0.2) is 39.9 Å². The summed E-state index contributed by atoms with van der Waals surface area (Å²) >= 11 is 1.69. The van der Waals surface area contributed by atoms with Crippen LogP contribution in [0.15, 0.2) is 30.3 Å². The van der Waals surface area contributed by atoms with Crippen molar-refractivity contribution in [2.75, 3.05) is 6.54 Å². The zero-order valence-electron chi connectivity index (χ0n) is 12.9. The van der Waals surface area contributed by atoms with E-state index in [1.807, 2.05) is 30.0 Å². The maximum atomic E-state index is 12.6. The van der Waals surface area contributed by atoms with Gasteiger partial charge in [-0.3, -0.25) is 4.79 Å². The largest absolute Gasteiger partial charge is 0.393 e. The summed E-state index contributed by atoms with van der Waals surface area (Å²) < 4.78 is 0. The molecule has 3 nitrogen and oxygen atoms in total. The van der Waals surface area contributed by atoms with Crippen molar-refractivity contribution in [1.82, 2.24) is 4.90 Å². The predicted molar refractivity (Wildman–Crippen MR) is 88.2 cm³/mol. The van der Waals surface area contributed by atoms with Gasteiger partial charge in [-0.2, -0.15) is 0 Å². The van der Waals surface area contributed by atoms with E-state index in [2.05, 4.69) is 12.1 Å². The molecule has 116 valence electrons. The van der Waals surface area contributed by atoms with Gasteiger partial charge in [-0.1, -0.05) is 30.3 Å². The molecule has 1 aliphatic heterocycles.